The number of ether oxygens (including phenoxy) is 2. The molecule has 0 saturated carbocycles. The quantitative estimate of drug-likeness (QED) is 0.242. The molecule has 1 N–H and O–H groups in total. The van der Waals surface area contributed by atoms with Gasteiger partial charge in [-0.15, -0.1) is 0 Å². The number of carbonyl (C=O) groups is 2. The molecule has 32 heavy (non-hydrogen) atoms. The maximum atomic E-state index is 13.0. The van der Waals surface area contributed by atoms with Gasteiger partial charge in [0.1, 0.15) is 11.5 Å². The van der Waals surface area contributed by atoms with Crippen LogP contribution in [0.3, 0.4) is 0 Å². The number of nitro groups is 1. The van der Waals surface area contributed by atoms with E-state index in [-0.39, 0.29) is 29.7 Å². The number of rotatable bonds is 6. The predicted molar refractivity (Wildman–Crippen MR) is 114 cm³/mol. The van der Waals surface area contributed by atoms with Crippen LogP contribution < -0.4 is 4.74 Å². The number of amides is 1. The molecular weight excluding hydrogens is 416 g/mol. The highest BCUT2D eigenvalue weighted by atomic mass is 16.6. The molecule has 166 valence electrons. The van der Waals surface area contributed by atoms with Crippen molar-refractivity contribution >= 4 is 23.1 Å². The fourth-order valence-electron chi connectivity index (χ4n) is 4.11. The Morgan fingerprint density at radius 3 is 2.44 bits per heavy atom. The second kappa shape index (κ2) is 8.80. The third-order valence-corrected chi connectivity index (χ3v) is 5.75. The smallest absolute Gasteiger partial charge is 0.295 e. The van der Waals surface area contributed by atoms with Crippen LogP contribution in [0.2, 0.25) is 0 Å². The van der Waals surface area contributed by atoms with E-state index >= 15 is 0 Å². The molecule has 0 aliphatic carbocycles. The van der Waals surface area contributed by atoms with Crippen molar-refractivity contribution in [1.82, 2.24) is 4.90 Å². The minimum atomic E-state index is -0.887. The number of methoxy groups -OCH3 is 1. The Morgan fingerprint density at radius 2 is 1.88 bits per heavy atom. The van der Waals surface area contributed by atoms with Crippen molar-refractivity contribution < 1.29 is 29.1 Å². The third-order valence-electron chi connectivity index (χ3n) is 5.75. The molecule has 2 aliphatic heterocycles. The third kappa shape index (κ3) is 3.94. The lowest BCUT2D eigenvalue weighted by Gasteiger charge is -2.27. The molecule has 2 atom stereocenters. The van der Waals surface area contributed by atoms with Crippen molar-refractivity contribution in [3.05, 3.63) is 75.3 Å². The van der Waals surface area contributed by atoms with Gasteiger partial charge in [-0.3, -0.25) is 19.7 Å². The molecule has 9 nitrogen and oxygen atoms in total. The molecule has 0 unspecified atom stereocenters. The highest BCUT2D eigenvalue weighted by Gasteiger charge is 2.47. The van der Waals surface area contributed by atoms with Crippen LogP contribution in [0.4, 0.5) is 5.69 Å². The van der Waals surface area contributed by atoms with E-state index in [0.717, 1.165) is 12.8 Å². The Bertz CT molecular complexity index is 1070. The molecular formula is C23H22N2O7. The maximum Gasteiger partial charge on any atom is 0.295 e. The second-order valence-corrected chi connectivity index (χ2v) is 7.66. The van der Waals surface area contributed by atoms with Gasteiger partial charge in [0, 0.05) is 30.8 Å². The fourth-order valence-corrected chi connectivity index (χ4v) is 4.11. The number of likely N-dealkylation sites (tertiary alicyclic amines) is 1. The summed E-state index contributed by atoms with van der Waals surface area (Å²) >= 11 is 0. The van der Waals surface area contributed by atoms with Crippen LogP contribution in [-0.4, -0.2) is 53.0 Å². The number of nitro benzene ring substituents is 1. The zero-order valence-electron chi connectivity index (χ0n) is 17.4. The first-order valence-electron chi connectivity index (χ1n) is 10.2. The average Bonchev–Trinajstić information content (AvgIpc) is 3.41. The Hall–Kier alpha value is -3.72. The zero-order chi connectivity index (χ0) is 22.8. The first-order chi connectivity index (χ1) is 15.4. The molecule has 4 rings (SSSR count). The monoisotopic (exact) mass is 438 g/mol. The van der Waals surface area contributed by atoms with Crippen molar-refractivity contribution in [3.8, 4) is 5.75 Å². The molecule has 2 aromatic carbocycles. The van der Waals surface area contributed by atoms with Crippen molar-refractivity contribution in [2.24, 2.45) is 0 Å². The number of hydrogen-bond acceptors (Lipinski definition) is 7. The van der Waals surface area contributed by atoms with Crippen LogP contribution >= 0.6 is 0 Å². The van der Waals surface area contributed by atoms with E-state index in [1.807, 2.05) is 0 Å². The number of benzene rings is 2. The van der Waals surface area contributed by atoms with Gasteiger partial charge in [-0.1, -0.05) is 0 Å². The Morgan fingerprint density at radius 1 is 1.19 bits per heavy atom. The molecule has 9 heteroatoms. The number of nitrogens with zero attached hydrogens (tertiary/aromatic N) is 2. The molecule has 2 aromatic rings. The molecule has 2 fully saturated rings. The van der Waals surface area contributed by atoms with E-state index in [1.165, 1.54) is 36.3 Å². The van der Waals surface area contributed by atoms with Gasteiger partial charge in [-0.25, -0.2) is 0 Å². The first kappa shape index (κ1) is 21.5. The lowest BCUT2D eigenvalue weighted by atomic mass is 9.95. The van der Waals surface area contributed by atoms with E-state index in [9.17, 15) is 24.8 Å². The predicted octanol–water partition coefficient (Wildman–Crippen LogP) is 3.20. The topological polar surface area (TPSA) is 119 Å². The molecule has 2 saturated heterocycles. The van der Waals surface area contributed by atoms with E-state index in [4.69, 9.17) is 9.47 Å². The van der Waals surface area contributed by atoms with Crippen LogP contribution in [0.15, 0.2) is 54.1 Å². The molecule has 1 amide bonds. The molecule has 0 bridgehead atoms. The first-order valence-corrected chi connectivity index (χ1v) is 10.2. The zero-order valence-corrected chi connectivity index (χ0v) is 17.4. The van der Waals surface area contributed by atoms with Gasteiger partial charge in [0.2, 0.25) is 0 Å². The van der Waals surface area contributed by atoms with Crippen molar-refractivity contribution in [1.29, 1.82) is 0 Å². The summed E-state index contributed by atoms with van der Waals surface area (Å²) in [6.07, 6.45) is 1.41. The van der Waals surface area contributed by atoms with Crippen LogP contribution in [0, 0.1) is 10.1 Å². The largest absolute Gasteiger partial charge is 0.507 e. The molecule has 2 heterocycles. The van der Waals surface area contributed by atoms with E-state index in [2.05, 4.69) is 0 Å². The van der Waals surface area contributed by atoms with Crippen LogP contribution in [0.1, 0.15) is 30.0 Å². The van der Waals surface area contributed by atoms with E-state index < -0.39 is 22.7 Å². The summed E-state index contributed by atoms with van der Waals surface area (Å²) in [5.74, 6) is -1.28. The highest BCUT2D eigenvalue weighted by Crippen LogP contribution is 2.40. The normalized spacial score (nSPS) is 22.3. The average molecular weight is 438 g/mol. The SMILES string of the molecule is COc1ccc(C(O)=C2C(=O)C(=O)N(C[C@@H]3CCCO3)[C@H]2c2ccc([N+](=O)[O-])cc2)cc1. The second-order valence-electron chi connectivity index (χ2n) is 7.66. The summed E-state index contributed by atoms with van der Waals surface area (Å²) in [6, 6.07) is 11.2. The Kier molecular flexibility index (Phi) is 5.91. The van der Waals surface area contributed by atoms with Gasteiger partial charge in [0.05, 0.1) is 29.8 Å². The van der Waals surface area contributed by atoms with Gasteiger partial charge < -0.3 is 19.5 Å². The van der Waals surface area contributed by atoms with Crippen molar-refractivity contribution in [2.75, 3.05) is 20.3 Å². The minimum Gasteiger partial charge on any atom is -0.507 e. The standard InChI is InChI=1S/C23H22N2O7/c1-31-17-10-6-15(7-11-17)21(26)19-20(14-4-8-16(9-5-14)25(29)30)24(23(28)22(19)27)13-18-3-2-12-32-18/h4-11,18,20,26H,2-3,12-13H2,1H3/t18-,20-/m0/s1. The highest BCUT2D eigenvalue weighted by molar-refractivity contribution is 6.46. The lowest BCUT2D eigenvalue weighted by Crippen LogP contribution is -2.36. The van der Waals surface area contributed by atoms with Gasteiger partial charge in [0.15, 0.2) is 0 Å². The summed E-state index contributed by atoms with van der Waals surface area (Å²) in [6.45, 7) is 0.772. The molecule has 0 aromatic heterocycles. The number of hydrogen-bond donors (Lipinski definition) is 1. The lowest BCUT2D eigenvalue weighted by molar-refractivity contribution is -0.384. The number of ketones is 1. The van der Waals surface area contributed by atoms with Gasteiger partial charge in [0.25, 0.3) is 17.4 Å². The number of non-ortho nitro benzene ring substituents is 1. The van der Waals surface area contributed by atoms with Gasteiger partial charge in [-0.2, -0.15) is 0 Å². The Labute approximate surface area is 184 Å². The van der Waals surface area contributed by atoms with Crippen LogP contribution in [-0.2, 0) is 14.3 Å². The van der Waals surface area contributed by atoms with Gasteiger partial charge in [-0.05, 0) is 54.8 Å². The summed E-state index contributed by atoms with van der Waals surface area (Å²) in [4.78, 5) is 37.9. The van der Waals surface area contributed by atoms with Crippen LogP contribution in [0.25, 0.3) is 5.76 Å². The van der Waals surface area contributed by atoms with Gasteiger partial charge >= 0.3 is 0 Å². The summed E-state index contributed by atoms with van der Waals surface area (Å²) in [5.41, 5.74) is 0.669. The summed E-state index contributed by atoms with van der Waals surface area (Å²) in [5, 5.41) is 22.1. The van der Waals surface area contributed by atoms with Crippen LogP contribution in [0.5, 0.6) is 5.75 Å². The number of Topliss-reactive ketones (excluding diaryl/α,β-unsaturated/α-hetero) is 1. The van der Waals surface area contributed by atoms with E-state index in [1.54, 1.807) is 24.3 Å². The van der Waals surface area contributed by atoms with Crippen molar-refractivity contribution in [3.63, 3.8) is 0 Å². The Balaban J connectivity index is 1.80. The maximum absolute atomic E-state index is 13.0. The summed E-state index contributed by atoms with van der Waals surface area (Å²) < 4.78 is 10.8. The van der Waals surface area contributed by atoms with E-state index in [0.29, 0.717) is 23.5 Å². The number of aliphatic hydroxyl groups is 1. The number of aliphatic hydroxyl groups excluding tert-OH is 1. The fraction of sp³-hybridized carbons (Fsp3) is 0.304. The van der Waals surface area contributed by atoms with Crippen molar-refractivity contribution in [2.45, 2.75) is 25.0 Å². The number of carbonyl (C=O) groups excluding carboxylic acids is 2. The molecule has 2 aliphatic rings. The molecule has 0 radical (unpaired) electrons. The molecule has 0 spiro atoms. The minimum absolute atomic E-state index is 0.0629. The summed E-state index contributed by atoms with van der Waals surface area (Å²) in [7, 11) is 1.51.